The highest BCUT2D eigenvalue weighted by Crippen LogP contribution is 2.23. The number of carbonyl (C=O) groups is 4. The molecule has 0 spiro atoms. The smallest absolute Gasteiger partial charge is 0.264 e. The van der Waals surface area contributed by atoms with Crippen molar-refractivity contribution in [1.29, 1.82) is 0 Å². The minimum absolute atomic E-state index is 0.0382. The quantitative estimate of drug-likeness (QED) is 0.288. The normalized spacial score (nSPS) is 19.1. The number of likely N-dealkylation sites (tertiary alicyclic amines) is 1. The number of nitrogens with one attached hydrogen (secondary N) is 3. The molecule has 12 heteroatoms. The average Bonchev–Trinajstić information content (AvgIpc) is 3.00. The zero-order valence-corrected chi connectivity index (χ0v) is 17.7. The van der Waals surface area contributed by atoms with E-state index in [0.717, 1.165) is 17.0 Å². The van der Waals surface area contributed by atoms with E-state index in [1.807, 2.05) is 0 Å². The van der Waals surface area contributed by atoms with E-state index in [9.17, 15) is 28.7 Å². The van der Waals surface area contributed by atoms with Gasteiger partial charge in [-0.1, -0.05) is 11.6 Å². The summed E-state index contributed by atoms with van der Waals surface area (Å²) in [4.78, 5) is 50.1. The van der Waals surface area contributed by atoms with E-state index in [1.54, 1.807) is 0 Å². The molecule has 1 aromatic rings. The van der Waals surface area contributed by atoms with E-state index in [1.165, 1.54) is 13.1 Å². The second kappa shape index (κ2) is 10.5. The number of nitrogens with two attached hydrogens (primary N) is 1. The highest BCUT2D eigenvalue weighted by molar-refractivity contribution is 6.30. The van der Waals surface area contributed by atoms with Crippen LogP contribution in [0.3, 0.4) is 0 Å². The molecular weight excluding hydrogens is 433 g/mol. The number of likely N-dealkylation sites (N-methyl/N-ethyl adjacent to an activating group) is 1. The van der Waals surface area contributed by atoms with Gasteiger partial charge >= 0.3 is 0 Å². The third-order valence-electron chi connectivity index (χ3n) is 4.82. The standard InChI is InChI=1S/C19H25ClFN5O5/c1-23-16(28)14(2-4-22)25-15(27)10-26-5-3-19(31,18(26)30)17(29)24-9-11-6-12(20)8-13(21)7-11/h6-8,14,31H,2-5,9-10,22H2,1H3,(H,23,28)(H,24,29)(H,25,27)/t14-,19-/m0/s1. The first-order chi connectivity index (χ1) is 14.6. The lowest BCUT2D eigenvalue weighted by Gasteiger charge is -2.22. The van der Waals surface area contributed by atoms with Gasteiger partial charge in [0.25, 0.3) is 11.8 Å². The molecule has 2 atom stereocenters. The highest BCUT2D eigenvalue weighted by atomic mass is 35.5. The monoisotopic (exact) mass is 457 g/mol. The van der Waals surface area contributed by atoms with E-state index >= 15 is 0 Å². The average molecular weight is 458 g/mol. The van der Waals surface area contributed by atoms with Crippen LogP contribution in [0.5, 0.6) is 0 Å². The fourth-order valence-electron chi connectivity index (χ4n) is 3.19. The van der Waals surface area contributed by atoms with Crippen molar-refractivity contribution >= 4 is 35.2 Å². The van der Waals surface area contributed by atoms with Crippen LogP contribution in [0, 0.1) is 5.82 Å². The Bertz CT molecular complexity index is 850. The molecule has 4 amide bonds. The number of benzene rings is 1. The largest absolute Gasteiger partial charge is 0.372 e. The number of hydrogen-bond acceptors (Lipinski definition) is 6. The maximum atomic E-state index is 13.4. The Morgan fingerprint density at radius 3 is 2.68 bits per heavy atom. The summed E-state index contributed by atoms with van der Waals surface area (Å²) in [6, 6.07) is 2.84. The molecule has 0 radical (unpaired) electrons. The van der Waals surface area contributed by atoms with Crippen LogP contribution >= 0.6 is 11.6 Å². The topological polar surface area (TPSA) is 154 Å². The Hall–Kier alpha value is -2.76. The molecule has 0 unspecified atom stereocenters. The van der Waals surface area contributed by atoms with Crippen molar-refractivity contribution in [3.63, 3.8) is 0 Å². The van der Waals surface area contributed by atoms with Gasteiger partial charge in [0.2, 0.25) is 17.4 Å². The maximum Gasteiger partial charge on any atom is 0.264 e. The lowest BCUT2D eigenvalue weighted by Crippen LogP contribution is -2.54. The van der Waals surface area contributed by atoms with Crippen molar-refractivity contribution in [2.24, 2.45) is 5.73 Å². The summed E-state index contributed by atoms with van der Waals surface area (Å²) in [6.45, 7) is -0.466. The molecule has 0 bridgehead atoms. The van der Waals surface area contributed by atoms with Crippen molar-refractivity contribution in [3.8, 4) is 0 Å². The third-order valence-corrected chi connectivity index (χ3v) is 5.04. The number of halogens is 2. The second-order valence-corrected chi connectivity index (χ2v) is 7.55. The summed E-state index contributed by atoms with van der Waals surface area (Å²) in [6.07, 6.45) is -0.0215. The molecule has 1 aliphatic rings. The number of aliphatic hydroxyl groups is 1. The SMILES string of the molecule is CNC(=O)[C@H](CCN)NC(=O)CN1CC[C@](O)(C(=O)NCc2cc(F)cc(Cl)c2)C1=O. The van der Waals surface area contributed by atoms with Gasteiger partial charge in [0.1, 0.15) is 11.9 Å². The molecule has 1 saturated heterocycles. The van der Waals surface area contributed by atoms with Crippen molar-refractivity contribution in [2.75, 3.05) is 26.7 Å². The molecule has 1 fully saturated rings. The molecule has 6 N–H and O–H groups in total. The van der Waals surface area contributed by atoms with Gasteiger partial charge in [-0.25, -0.2) is 4.39 Å². The van der Waals surface area contributed by atoms with E-state index in [2.05, 4.69) is 16.0 Å². The number of amides is 4. The minimum atomic E-state index is -2.35. The molecule has 0 saturated carbocycles. The maximum absolute atomic E-state index is 13.4. The predicted molar refractivity (Wildman–Crippen MR) is 109 cm³/mol. The van der Waals surface area contributed by atoms with Gasteiger partial charge in [0.15, 0.2) is 0 Å². The first kappa shape index (κ1) is 24.5. The van der Waals surface area contributed by atoms with Crippen LogP contribution in [0.4, 0.5) is 4.39 Å². The summed E-state index contributed by atoms with van der Waals surface area (Å²) in [7, 11) is 1.42. The summed E-state index contributed by atoms with van der Waals surface area (Å²) in [5.41, 5.74) is 3.44. The number of carbonyl (C=O) groups excluding carboxylic acids is 4. The fourth-order valence-corrected chi connectivity index (χ4v) is 3.44. The van der Waals surface area contributed by atoms with Crippen molar-refractivity contribution in [1.82, 2.24) is 20.9 Å². The van der Waals surface area contributed by atoms with Crippen LogP contribution < -0.4 is 21.7 Å². The second-order valence-electron chi connectivity index (χ2n) is 7.11. The Morgan fingerprint density at radius 1 is 1.35 bits per heavy atom. The molecule has 31 heavy (non-hydrogen) atoms. The van der Waals surface area contributed by atoms with E-state index in [4.69, 9.17) is 17.3 Å². The van der Waals surface area contributed by atoms with Gasteiger partial charge in [0.05, 0.1) is 6.54 Å². The zero-order valence-electron chi connectivity index (χ0n) is 16.9. The molecule has 1 aromatic carbocycles. The Labute approximate surface area is 183 Å². The minimum Gasteiger partial charge on any atom is -0.372 e. The predicted octanol–water partition coefficient (Wildman–Crippen LogP) is -1.36. The van der Waals surface area contributed by atoms with Crippen LogP contribution in [-0.2, 0) is 25.7 Å². The number of nitrogens with zero attached hydrogens (tertiary/aromatic N) is 1. The van der Waals surface area contributed by atoms with Gasteiger partial charge in [-0.05, 0) is 36.7 Å². The van der Waals surface area contributed by atoms with Crippen LogP contribution in [0.15, 0.2) is 18.2 Å². The molecule has 1 aliphatic heterocycles. The molecule has 1 heterocycles. The van der Waals surface area contributed by atoms with Crippen LogP contribution in [0.25, 0.3) is 0 Å². The van der Waals surface area contributed by atoms with Gasteiger partial charge < -0.3 is 31.7 Å². The molecular formula is C19H25ClFN5O5. The van der Waals surface area contributed by atoms with Crippen LogP contribution in [0.2, 0.25) is 5.02 Å². The summed E-state index contributed by atoms with van der Waals surface area (Å²) in [5, 5.41) is 18.0. The summed E-state index contributed by atoms with van der Waals surface area (Å²) in [5.74, 6) is -3.55. The Balaban J connectivity index is 1.95. The van der Waals surface area contributed by atoms with E-state index in [0.29, 0.717) is 5.56 Å². The molecule has 2 rings (SSSR count). The lowest BCUT2D eigenvalue weighted by molar-refractivity contribution is -0.155. The van der Waals surface area contributed by atoms with Crippen molar-refractivity contribution in [3.05, 3.63) is 34.6 Å². The van der Waals surface area contributed by atoms with Gasteiger partial charge in [-0.3, -0.25) is 19.2 Å². The van der Waals surface area contributed by atoms with Gasteiger partial charge in [-0.15, -0.1) is 0 Å². The van der Waals surface area contributed by atoms with E-state index < -0.39 is 47.6 Å². The van der Waals surface area contributed by atoms with Gasteiger partial charge in [-0.2, -0.15) is 0 Å². The Kier molecular flexibility index (Phi) is 8.31. The molecule has 10 nitrogen and oxygen atoms in total. The third kappa shape index (κ3) is 6.12. The molecule has 0 aliphatic carbocycles. The zero-order chi connectivity index (χ0) is 23.2. The molecule has 0 aromatic heterocycles. The first-order valence-electron chi connectivity index (χ1n) is 9.56. The molecule has 170 valence electrons. The van der Waals surface area contributed by atoms with Gasteiger partial charge in [0, 0.05) is 31.6 Å². The highest BCUT2D eigenvalue weighted by Gasteiger charge is 2.51. The fraction of sp³-hybridized carbons (Fsp3) is 0.474. The van der Waals surface area contributed by atoms with Crippen molar-refractivity contribution < 1.29 is 28.7 Å². The van der Waals surface area contributed by atoms with Crippen LogP contribution in [0.1, 0.15) is 18.4 Å². The lowest BCUT2D eigenvalue weighted by atomic mass is 10.0. The van der Waals surface area contributed by atoms with Crippen LogP contribution in [-0.4, -0.2) is 72.0 Å². The first-order valence-corrected chi connectivity index (χ1v) is 9.94. The summed E-state index contributed by atoms with van der Waals surface area (Å²) >= 11 is 5.76. The Morgan fingerprint density at radius 2 is 2.06 bits per heavy atom. The number of hydrogen-bond donors (Lipinski definition) is 5. The van der Waals surface area contributed by atoms with Crippen molar-refractivity contribution in [2.45, 2.75) is 31.0 Å². The number of rotatable bonds is 9. The summed E-state index contributed by atoms with van der Waals surface area (Å²) < 4.78 is 13.4. The van der Waals surface area contributed by atoms with E-state index in [-0.39, 0.29) is 37.5 Å².